The van der Waals surface area contributed by atoms with E-state index in [1.54, 1.807) is 0 Å². The Bertz CT molecular complexity index is 733. The highest BCUT2D eigenvalue weighted by Gasteiger charge is 2.60. The molecule has 4 saturated carbocycles. The number of hydrogen-bond acceptors (Lipinski definition) is 4. The highest BCUT2D eigenvalue weighted by molar-refractivity contribution is 5.81. The summed E-state index contributed by atoms with van der Waals surface area (Å²) in [5.74, 6) is 4.84. The standard InChI is InChI=1S/C23H36N4O/c1-15-8-10-22(2)16(12-15)4-5-17-18-6-7-20(23(18,3)11-9-19(17)22)21(28)13-27-25-14-24-26-27/h14-20H,4-13H2,1-3H3/t15?,16?,17-,18?,19?,20?,22?,23?/m0/s1. The predicted octanol–water partition coefficient (Wildman–Crippen LogP) is 4.54. The molecule has 0 bridgehead atoms. The maximum Gasteiger partial charge on any atom is 0.162 e. The summed E-state index contributed by atoms with van der Waals surface area (Å²) in [5.41, 5.74) is 0.744. The molecule has 0 radical (unpaired) electrons. The fraction of sp³-hybridized carbons (Fsp3) is 0.913. The van der Waals surface area contributed by atoms with E-state index in [2.05, 4.69) is 36.2 Å². The molecule has 0 spiro atoms. The second kappa shape index (κ2) is 6.63. The van der Waals surface area contributed by atoms with Crippen molar-refractivity contribution in [2.45, 2.75) is 85.1 Å². The van der Waals surface area contributed by atoms with Crippen molar-refractivity contribution in [2.24, 2.45) is 46.3 Å². The zero-order chi connectivity index (χ0) is 19.5. The van der Waals surface area contributed by atoms with E-state index in [-0.39, 0.29) is 11.3 Å². The summed E-state index contributed by atoms with van der Waals surface area (Å²) in [4.78, 5) is 14.6. The number of hydrogen-bond donors (Lipinski definition) is 0. The lowest BCUT2D eigenvalue weighted by Gasteiger charge is -2.61. The molecule has 5 rings (SSSR count). The van der Waals surface area contributed by atoms with Crippen LogP contribution in [0.3, 0.4) is 0 Å². The summed E-state index contributed by atoms with van der Waals surface area (Å²) in [7, 11) is 0. The first-order valence-corrected chi connectivity index (χ1v) is 11.7. The molecule has 4 aliphatic carbocycles. The first-order chi connectivity index (χ1) is 13.4. The number of nitrogens with zero attached hydrogens (tertiary/aromatic N) is 4. The van der Waals surface area contributed by atoms with E-state index >= 15 is 0 Å². The number of tetrazole rings is 1. The molecule has 0 saturated heterocycles. The minimum atomic E-state index is 0.182. The second-order valence-electron chi connectivity index (χ2n) is 11.1. The van der Waals surface area contributed by atoms with E-state index in [4.69, 9.17) is 0 Å². The minimum absolute atomic E-state index is 0.182. The smallest absolute Gasteiger partial charge is 0.162 e. The summed E-state index contributed by atoms with van der Waals surface area (Å²) in [6, 6.07) is 0. The molecule has 4 fully saturated rings. The zero-order valence-electron chi connectivity index (χ0n) is 17.8. The van der Waals surface area contributed by atoms with Crippen LogP contribution < -0.4 is 0 Å². The van der Waals surface area contributed by atoms with Gasteiger partial charge in [-0.1, -0.05) is 27.2 Å². The van der Waals surface area contributed by atoms with Gasteiger partial charge in [-0.25, -0.2) is 0 Å². The lowest BCUT2D eigenvalue weighted by atomic mass is 9.44. The first kappa shape index (κ1) is 18.7. The number of rotatable bonds is 3. The van der Waals surface area contributed by atoms with Gasteiger partial charge in [0.1, 0.15) is 6.54 Å². The Morgan fingerprint density at radius 3 is 2.61 bits per heavy atom. The molecule has 0 aliphatic heterocycles. The Morgan fingerprint density at radius 1 is 1.04 bits per heavy atom. The second-order valence-corrected chi connectivity index (χ2v) is 11.1. The maximum atomic E-state index is 13.1. The van der Waals surface area contributed by atoms with E-state index in [0.717, 1.165) is 36.0 Å². The van der Waals surface area contributed by atoms with Crippen molar-refractivity contribution < 1.29 is 4.79 Å². The third-order valence-electron chi connectivity index (χ3n) is 10.0. The molecule has 0 aromatic carbocycles. The topological polar surface area (TPSA) is 60.7 Å². The maximum absolute atomic E-state index is 13.1. The van der Waals surface area contributed by atoms with Crippen LogP contribution in [-0.4, -0.2) is 26.0 Å². The Balaban J connectivity index is 1.36. The summed E-state index contributed by atoms with van der Waals surface area (Å²) >= 11 is 0. The molecule has 8 atom stereocenters. The Hall–Kier alpha value is -1.26. The quantitative estimate of drug-likeness (QED) is 0.768. The van der Waals surface area contributed by atoms with Gasteiger partial charge in [-0.2, -0.15) is 4.80 Å². The molecule has 0 N–H and O–H groups in total. The van der Waals surface area contributed by atoms with Crippen molar-refractivity contribution >= 4 is 5.78 Å². The van der Waals surface area contributed by atoms with Crippen LogP contribution in [0.25, 0.3) is 0 Å². The van der Waals surface area contributed by atoms with Crippen LogP contribution in [0.1, 0.15) is 78.6 Å². The molecule has 0 amide bonds. The van der Waals surface area contributed by atoms with Gasteiger partial charge in [0.15, 0.2) is 12.1 Å². The van der Waals surface area contributed by atoms with Crippen LogP contribution in [0.15, 0.2) is 6.33 Å². The van der Waals surface area contributed by atoms with Crippen LogP contribution in [0.5, 0.6) is 0 Å². The van der Waals surface area contributed by atoms with Crippen LogP contribution in [-0.2, 0) is 11.3 Å². The van der Waals surface area contributed by atoms with Crippen LogP contribution in [0, 0.1) is 46.3 Å². The van der Waals surface area contributed by atoms with Gasteiger partial charge >= 0.3 is 0 Å². The highest BCUT2D eigenvalue weighted by atomic mass is 16.1. The first-order valence-electron chi connectivity index (χ1n) is 11.7. The molecule has 1 heterocycles. The number of Topliss-reactive ketones (excluding diaryl/α,β-unsaturated/α-hetero) is 1. The summed E-state index contributed by atoms with van der Waals surface area (Å²) in [6.07, 6.45) is 13.4. The van der Waals surface area contributed by atoms with Crippen LogP contribution >= 0.6 is 0 Å². The molecule has 1 aromatic heterocycles. The number of carbonyl (C=O) groups excluding carboxylic acids is 1. The monoisotopic (exact) mass is 384 g/mol. The Labute approximate surface area is 169 Å². The molecule has 154 valence electrons. The molecule has 4 aliphatic rings. The minimum Gasteiger partial charge on any atom is -0.297 e. The molecular formula is C23H36N4O. The molecule has 5 nitrogen and oxygen atoms in total. The molecule has 1 aromatic rings. The van der Waals surface area contributed by atoms with Crippen molar-refractivity contribution in [3.8, 4) is 0 Å². The van der Waals surface area contributed by atoms with Gasteiger partial charge in [0, 0.05) is 5.92 Å². The molecule has 5 heteroatoms. The number of aromatic nitrogens is 4. The van der Waals surface area contributed by atoms with Gasteiger partial charge in [-0.05, 0) is 97.0 Å². The lowest BCUT2D eigenvalue weighted by molar-refractivity contribution is -0.137. The highest BCUT2D eigenvalue weighted by Crippen LogP contribution is 2.67. The summed E-state index contributed by atoms with van der Waals surface area (Å²) in [5, 5.41) is 11.7. The number of fused-ring (bicyclic) bond motifs is 5. The fourth-order valence-corrected chi connectivity index (χ4v) is 8.51. The third-order valence-corrected chi connectivity index (χ3v) is 10.0. The van der Waals surface area contributed by atoms with Crippen molar-refractivity contribution in [3.63, 3.8) is 0 Å². The van der Waals surface area contributed by atoms with Gasteiger partial charge in [0.2, 0.25) is 0 Å². The van der Waals surface area contributed by atoms with E-state index < -0.39 is 0 Å². The van der Waals surface area contributed by atoms with Gasteiger partial charge in [-0.3, -0.25) is 4.79 Å². The third kappa shape index (κ3) is 2.71. The average molecular weight is 385 g/mol. The normalized spacial score (nSPS) is 47.8. The SMILES string of the molecule is CC1CCC2(C)C(CC[C@@H]3C2CCC2(C)C(C(=O)Cn4ncnn4)CCC32)C1. The van der Waals surface area contributed by atoms with E-state index in [9.17, 15) is 4.79 Å². The van der Waals surface area contributed by atoms with Crippen molar-refractivity contribution in [1.29, 1.82) is 0 Å². The number of ketones is 1. The van der Waals surface area contributed by atoms with E-state index in [1.807, 2.05) is 0 Å². The van der Waals surface area contributed by atoms with Crippen LogP contribution in [0.4, 0.5) is 0 Å². The lowest BCUT2D eigenvalue weighted by Crippen LogP contribution is -2.53. The summed E-state index contributed by atoms with van der Waals surface area (Å²) < 4.78 is 0. The van der Waals surface area contributed by atoms with E-state index in [1.165, 1.54) is 62.5 Å². The van der Waals surface area contributed by atoms with Crippen molar-refractivity contribution in [1.82, 2.24) is 20.2 Å². The van der Waals surface area contributed by atoms with Crippen LogP contribution in [0.2, 0.25) is 0 Å². The Morgan fingerprint density at radius 2 is 1.82 bits per heavy atom. The predicted molar refractivity (Wildman–Crippen MR) is 107 cm³/mol. The molecule has 28 heavy (non-hydrogen) atoms. The molecular weight excluding hydrogens is 348 g/mol. The Kier molecular flexibility index (Phi) is 4.44. The van der Waals surface area contributed by atoms with Gasteiger partial charge in [-0.15, -0.1) is 10.2 Å². The van der Waals surface area contributed by atoms with Crippen molar-refractivity contribution in [2.75, 3.05) is 0 Å². The zero-order valence-corrected chi connectivity index (χ0v) is 17.8. The largest absolute Gasteiger partial charge is 0.297 e. The van der Waals surface area contributed by atoms with Gasteiger partial charge < -0.3 is 0 Å². The average Bonchev–Trinajstić information content (AvgIpc) is 3.29. The van der Waals surface area contributed by atoms with Gasteiger partial charge in [0.05, 0.1) is 0 Å². The summed E-state index contributed by atoms with van der Waals surface area (Å²) in [6.45, 7) is 7.83. The van der Waals surface area contributed by atoms with E-state index in [0.29, 0.717) is 17.7 Å². The fourth-order valence-electron chi connectivity index (χ4n) is 8.51. The van der Waals surface area contributed by atoms with Gasteiger partial charge in [0.25, 0.3) is 0 Å². The van der Waals surface area contributed by atoms with Crippen molar-refractivity contribution in [3.05, 3.63) is 6.33 Å². The number of carbonyl (C=O) groups is 1. The molecule has 7 unspecified atom stereocenters.